The summed E-state index contributed by atoms with van der Waals surface area (Å²) in [6, 6.07) is 3.95. The fourth-order valence-electron chi connectivity index (χ4n) is 2.69. The summed E-state index contributed by atoms with van der Waals surface area (Å²) in [6.07, 6.45) is 1.46. The summed E-state index contributed by atoms with van der Waals surface area (Å²) in [4.78, 5) is 25.5. The number of hydrogen-bond donors (Lipinski definition) is 1. The van der Waals surface area contributed by atoms with Gasteiger partial charge < -0.3 is 10.0 Å². The average molecular weight is 358 g/mol. The fourth-order valence-corrected chi connectivity index (χ4v) is 3.21. The third-order valence-electron chi connectivity index (χ3n) is 4.30. The number of likely N-dealkylation sites (tertiary alicyclic amines) is 1. The molecule has 1 N–H and O–H groups in total. The van der Waals surface area contributed by atoms with E-state index in [4.69, 9.17) is 0 Å². The normalized spacial score (nSPS) is 17.6. The van der Waals surface area contributed by atoms with Crippen molar-refractivity contribution in [2.24, 2.45) is 5.41 Å². The smallest absolute Gasteiger partial charge is 0.309 e. The highest BCUT2D eigenvalue weighted by molar-refractivity contribution is 9.10. The molecule has 1 aromatic rings. The Hall–Kier alpha value is -1.43. The second-order valence-corrected chi connectivity index (χ2v) is 6.21. The Morgan fingerprint density at radius 1 is 1.38 bits per heavy atom. The van der Waals surface area contributed by atoms with E-state index in [1.165, 1.54) is 18.2 Å². The fraction of sp³-hybridized carbons (Fsp3) is 0.467. The number of aliphatic carboxylic acids is 1. The van der Waals surface area contributed by atoms with Crippen molar-refractivity contribution in [1.82, 2.24) is 4.90 Å². The van der Waals surface area contributed by atoms with Crippen LogP contribution in [-0.4, -0.2) is 35.0 Å². The molecule has 0 unspecified atom stereocenters. The van der Waals surface area contributed by atoms with Crippen LogP contribution in [0.1, 0.15) is 36.5 Å². The lowest BCUT2D eigenvalue weighted by molar-refractivity contribution is -0.152. The van der Waals surface area contributed by atoms with E-state index in [2.05, 4.69) is 15.9 Å². The molecule has 0 bridgehead atoms. The molecule has 0 radical (unpaired) electrons. The lowest BCUT2D eigenvalue weighted by Crippen LogP contribution is -2.46. The second kappa shape index (κ2) is 6.13. The van der Waals surface area contributed by atoms with Crippen LogP contribution in [0.3, 0.4) is 0 Å². The number of halogens is 2. The van der Waals surface area contributed by atoms with Crippen molar-refractivity contribution < 1.29 is 19.1 Å². The summed E-state index contributed by atoms with van der Waals surface area (Å²) in [5.41, 5.74) is -0.327. The van der Waals surface area contributed by atoms with Crippen LogP contribution in [0.2, 0.25) is 0 Å². The number of carbonyl (C=O) groups is 2. The maximum absolute atomic E-state index is 13.1. The summed E-state index contributed by atoms with van der Waals surface area (Å²) in [5.74, 6) is -1.40. The first-order valence-electron chi connectivity index (χ1n) is 6.87. The molecule has 1 saturated heterocycles. The molecule has 0 aromatic heterocycles. The predicted molar refractivity (Wildman–Crippen MR) is 79.6 cm³/mol. The molecule has 1 aromatic carbocycles. The molecule has 1 heterocycles. The van der Waals surface area contributed by atoms with Crippen molar-refractivity contribution in [2.75, 3.05) is 13.1 Å². The van der Waals surface area contributed by atoms with Crippen molar-refractivity contribution in [1.29, 1.82) is 0 Å². The number of piperidine rings is 1. The molecule has 21 heavy (non-hydrogen) atoms. The quantitative estimate of drug-likeness (QED) is 0.902. The molecular formula is C15H17BrFNO3. The Balaban J connectivity index is 2.12. The number of rotatable bonds is 3. The van der Waals surface area contributed by atoms with Crippen LogP contribution in [0.25, 0.3) is 0 Å². The molecule has 1 amide bonds. The monoisotopic (exact) mass is 357 g/mol. The number of carboxylic acid groups (broad SMARTS) is 1. The van der Waals surface area contributed by atoms with Gasteiger partial charge in [-0.25, -0.2) is 4.39 Å². The van der Waals surface area contributed by atoms with E-state index in [1.807, 2.05) is 6.92 Å². The first kappa shape index (κ1) is 15.9. The number of carboxylic acids is 1. The van der Waals surface area contributed by atoms with Gasteiger partial charge >= 0.3 is 5.97 Å². The van der Waals surface area contributed by atoms with Gasteiger partial charge in [0.2, 0.25) is 0 Å². The summed E-state index contributed by atoms with van der Waals surface area (Å²) in [7, 11) is 0. The van der Waals surface area contributed by atoms with Gasteiger partial charge in [0.1, 0.15) is 5.82 Å². The molecule has 6 heteroatoms. The molecule has 1 fully saturated rings. The standard InChI is InChI=1S/C15H17BrFNO3/c1-2-15(14(20)21)5-7-18(8-6-15)13(19)11-4-3-10(17)9-12(11)16/h3-4,9H,2,5-8H2,1H3,(H,20,21). The van der Waals surface area contributed by atoms with Gasteiger partial charge in [-0.1, -0.05) is 6.92 Å². The van der Waals surface area contributed by atoms with Crippen molar-refractivity contribution in [2.45, 2.75) is 26.2 Å². The second-order valence-electron chi connectivity index (χ2n) is 5.36. The summed E-state index contributed by atoms with van der Waals surface area (Å²) in [6.45, 7) is 2.67. The first-order chi connectivity index (χ1) is 9.89. The summed E-state index contributed by atoms with van der Waals surface area (Å²) >= 11 is 3.19. The summed E-state index contributed by atoms with van der Waals surface area (Å²) < 4.78 is 13.5. The zero-order chi connectivity index (χ0) is 15.6. The SMILES string of the molecule is CCC1(C(=O)O)CCN(C(=O)c2ccc(F)cc2Br)CC1. The number of carbonyl (C=O) groups excluding carboxylic acids is 1. The van der Waals surface area contributed by atoms with Gasteiger partial charge in [0.15, 0.2) is 0 Å². The Morgan fingerprint density at radius 2 is 2.00 bits per heavy atom. The minimum Gasteiger partial charge on any atom is -0.481 e. The Bertz CT molecular complexity index is 568. The Kier molecular flexibility index (Phi) is 4.66. The molecule has 2 rings (SSSR count). The molecule has 0 saturated carbocycles. The number of amides is 1. The highest BCUT2D eigenvalue weighted by Crippen LogP contribution is 2.35. The van der Waals surface area contributed by atoms with E-state index in [0.29, 0.717) is 42.4 Å². The third kappa shape index (κ3) is 3.10. The molecule has 1 aliphatic rings. The summed E-state index contributed by atoms with van der Waals surface area (Å²) in [5, 5.41) is 9.35. The van der Waals surface area contributed by atoms with Gasteiger partial charge in [-0.05, 0) is 53.4 Å². The van der Waals surface area contributed by atoms with Gasteiger partial charge in [-0.3, -0.25) is 9.59 Å². The lowest BCUT2D eigenvalue weighted by Gasteiger charge is -2.38. The van der Waals surface area contributed by atoms with Crippen LogP contribution in [-0.2, 0) is 4.79 Å². The van der Waals surface area contributed by atoms with E-state index in [1.54, 1.807) is 4.90 Å². The topological polar surface area (TPSA) is 57.6 Å². The maximum Gasteiger partial charge on any atom is 0.309 e. The molecule has 0 aliphatic carbocycles. The molecule has 1 aliphatic heterocycles. The van der Waals surface area contributed by atoms with Crippen molar-refractivity contribution >= 4 is 27.8 Å². The van der Waals surface area contributed by atoms with E-state index < -0.39 is 17.2 Å². The van der Waals surface area contributed by atoms with E-state index in [9.17, 15) is 19.1 Å². The maximum atomic E-state index is 13.1. The van der Waals surface area contributed by atoms with E-state index >= 15 is 0 Å². The van der Waals surface area contributed by atoms with Gasteiger partial charge in [0, 0.05) is 17.6 Å². The molecule has 114 valence electrons. The van der Waals surface area contributed by atoms with E-state index in [-0.39, 0.29) is 5.91 Å². The van der Waals surface area contributed by atoms with Crippen molar-refractivity contribution in [3.05, 3.63) is 34.1 Å². The van der Waals surface area contributed by atoms with Crippen LogP contribution in [0, 0.1) is 11.2 Å². The zero-order valence-electron chi connectivity index (χ0n) is 11.7. The number of hydrogen-bond acceptors (Lipinski definition) is 2. The Morgan fingerprint density at radius 3 is 2.48 bits per heavy atom. The van der Waals surface area contributed by atoms with Crippen LogP contribution < -0.4 is 0 Å². The molecule has 4 nitrogen and oxygen atoms in total. The minimum atomic E-state index is -0.792. The van der Waals surface area contributed by atoms with Crippen molar-refractivity contribution in [3.8, 4) is 0 Å². The van der Waals surface area contributed by atoms with Crippen LogP contribution >= 0.6 is 15.9 Å². The first-order valence-corrected chi connectivity index (χ1v) is 7.66. The highest BCUT2D eigenvalue weighted by atomic mass is 79.9. The molecule has 0 spiro atoms. The van der Waals surface area contributed by atoms with Gasteiger partial charge in [-0.15, -0.1) is 0 Å². The highest BCUT2D eigenvalue weighted by Gasteiger charge is 2.41. The predicted octanol–water partition coefficient (Wildman–Crippen LogP) is 3.31. The minimum absolute atomic E-state index is 0.197. The third-order valence-corrected chi connectivity index (χ3v) is 4.96. The van der Waals surface area contributed by atoms with Crippen LogP contribution in [0.4, 0.5) is 4.39 Å². The van der Waals surface area contributed by atoms with Crippen LogP contribution in [0.5, 0.6) is 0 Å². The lowest BCUT2D eigenvalue weighted by atomic mass is 9.76. The Labute approximate surface area is 131 Å². The largest absolute Gasteiger partial charge is 0.481 e. The number of nitrogens with zero attached hydrogens (tertiary/aromatic N) is 1. The van der Waals surface area contributed by atoms with Crippen LogP contribution in [0.15, 0.2) is 22.7 Å². The van der Waals surface area contributed by atoms with Gasteiger partial charge in [-0.2, -0.15) is 0 Å². The van der Waals surface area contributed by atoms with Gasteiger partial charge in [0.05, 0.1) is 11.0 Å². The number of benzene rings is 1. The molecular weight excluding hydrogens is 341 g/mol. The van der Waals surface area contributed by atoms with Crippen molar-refractivity contribution in [3.63, 3.8) is 0 Å². The zero-order valence-corrected chi connectivity index (χ0v) is 13.3. The van der Waals surface area contributed by atoms with E-state index in [0.717, 1.165) is 0 Å². The van der Waals surface area contributed by atoms with Gasteiger partial charge in [0.25, 0.3) is 5.91 Å². The molecule has 0 atom stereocenters. The average Bonchev–Trinajstić information content (AvgIpc) is 2.46.